The highest BCUT2D eigenvalue weighted by Crippen LogP contribution is 2.23. The zero-order valence-corrected chi connectivity index (χ0v) is 6.79. The van der Waals surface area contributed by atoms with Crippen molar-refractivity contribution in [1.82, 2.24) is 0 Å². The molecule has 11 heavy (non-hydrogen) atoms. The molecule has 1 fully saturated rings. The third-order valence-corrected chi connectivity index (χ3v) is 2.34. The van der Waals surface area contributed by atoms with Crippen LogP contribution in [-0.4, -0.2) is 13.2 Å². The van der Waals surface area contributed by atoms with Crippen molar-refractivity contribution in [3.8, 4) is 0 Å². The summed E-state index contributed by atoms with van der Waals surface area (Å²) in [5.41, 5.74) is 0. The Labute approximate surface area is 65.6 Å². The third-order valence-electron chi connectivity index (χ3n) is 2.34. The number of hydroxylamine groups is 1. The predicted octanol–water partition coefficient (Wildman–Crippen LogP) is -1.97. The van der Waals surface area contributed by atoms with Gasteiger partial charge >= 0.3 is 0 Å². The smallest absolute Gasteiger partial charge is 0.136 e. The highest BCUT2D eigenvalue weighted by molar-refractivity contribution is 4.75. The van der Waals surface area contributed by atoms with E-state index in [-0.39, 0.29) is 11.2 Å². The molecule has 0 saturated heterocycles. The zero-order valence-electron chi connectivity index (χ0n) is 6.79. The fraction of sp³-hybridized carbons (Fsp3) is 1.00. The first-order chi connectivity index (χ1) is 5.16. The lowest BCUT2D eigenvalue weighted by Gasteiger charge is -2.42. The molecule has 1 saturated carbocycles. The number of rotatable bonds is 3. The van der Waals surface area contributed by atoms with Gasteiger partial charge in [0.25, 0.3) is 0 Å². The van der Waals surface area contributed by atoms with Crippen LogP contribution in [0.4, 0.5) is 0 Å². The fourth-order valence-electron chi connectivity index (χ4n) is 1.31. The van der Waals surface area contributed by atoms with Crippen LogP contribution in [0.15, 0.2) is 0 Å². The van der Waals surface area contributed by atoms with Gasteiger partial charge in [-0.2, -0.15) is 10.0 Å². The lowest BCUT2D eigenvalue weighted by molar-refractivity contribution is -1.55. The van der Waals surface area contributed by atoms with E-state index in [0.717, 1.165) is 12.8 Å². The van der Waals surface area contributed by atoms with Crippen molar-refractivity contribution < 1.29 is 15.3 Å². The van der Waals surface area contributed by atoms with E-state index in [1.165, 1.54) is 7.11 Å². The van der Waals surface area contributed by atoms with Crippen LogP contribution in [0, 0.1) is 16.3 Å². The Bertz CT molecular complexity index is 133. The van der Waals surface area contributed by atoms with E-state index < -0.39 is 5.34 Å². The van der Waals surface area contributed by atoms with Gasteiger partial charge < -0.3 is 10.4 Å². The molecule has 0 heterocycles. The molecule has 5 nitrogen and oxygen atoms in total. The van der Waals surface area contributed by atoms with Gasteiger partial charge in [0.2, 0.25) is 0 Å². The monoisotopic (exact) mass is 162 g/mol. The van der Waals surface area contributed by atoms with E-state index in [0.29, 0.717) is 5.92 Å². The van der Waals surface area contributed by atoms with Crippen molar-refractivity contribution in [2.45, 2.75) is 25.8 Å². The van der Waals surface area contributed by atoms with Crippen molar-refractivity contribution in [2.75, 3.05) is 7.11 Å². The molecule has 5 heteroatoms. The van der Waals surface area contributed by atoms with Crippen LogP contribution in [0.1, 0.15) is 19.8 Å². The van der Waals surface area contributed by atoms with Gasteiger partial charge in [-0.25, -0.2) is 0 Å². The predicted molar refractivity (Wildman–Crippen MR) is 37.9 cm³/mol. The molecule has 1 rings (SSSR count). The van der Waals surface area contributed by atoms with E-state index >= 15 is 0 Å². The standard InChI is InChI=1S/C6H14N2O3/c1-5-3-4-6(5)7(9)8(10)11-2/h5-8H,3-4H2,1-2H3. The molecule has 0 amide bonds. The SMILES string of the molecule is CO[NH+]([O-])[NH+]([O-])C1CCC1C. The quantitative estimate of drug-likeness (QED) is 0.473. The van der Waals surface area contributed by atoms with E-state index in [9.17, 15) is 10.4 Å². The molecule has 0 spiro atoms. The number of nitrogens with one attached hydrogen (secondary N) is 2. The molecule has 1 aliphatic rings. The van der Waals surface area contributed by atoms with Gasteiger partial charge in [0.1, 0.15) is 13.2 Å². The molecule has 0 aromatic rings. The lowest BCUT2D eigenvalue weighted by atomic mass is 9.81. The van der Waals surface area contributed by atoms with Gasteiger partial charge in [0.15, 0.2) is 0 Å². The Morgan fingerprint density at radius 2 is 2.00 bits per heavy atom. The Balaban J connectivity index is 2.34. The van der Waals surface area contributed by atoms with Gasteiger partial charge in [-0.1, -0.05) is 12.3 Å². The largest absolute Gasteiger partial charge is 0.581 e. The maximum atomic E-state index is 11.1. The number of quaternary nitrogens is 2. The topological polar surface area (TPSA) is 64.2 Å². The van der Waals surface area contributed by atoms with Gasteiger partial charge in [-0.05, 0) is 6.42 Å². The molecule has 66 valence electrons. The molecule has 0 aromatic heterocycles. The minimum atomic E-state index is -0.693. The Kier molecular flexibility index (Phi) is 2.80. The summed E-state index contributed by atoms with van der Waals surface area (Å²) in [6.07, 6.45) is 1.89. The second-order valence-corrected chi connectivity index (χ2v) is 3.02. The van der Waals surface area contributed by atoms with Crippen molar-refractivity contribution in [2.24, 2.45) is 5.92 Å². The van der Waals surface area contributed by atoms with Gasteiger partial charge in [0, 0.05) is 12.3 Å². The van der Waals surface area contributed by atoms with Crippen LogP contribution >= 0.6 is 0 Å². The van der Waals surface area contributed by atoms with Crippen LogP contribution in [0.3, 0.4) is 0 Å². The first-order valence-electron chi connectivity index (χ1n) is 3.79. The summed E-state index contributed by atoms with van der Waals surface area (Å²) >= 11 is 0. The second kappa shape index (κ2) is 3.46. The summed E-state index contributed by atoms with van der Waals surface area (Å²) in [5.74, 6) is 0.363. The fourth-order valence-corrected chi connectivity index (χ4v) is 1.31. The molecular formula is C6H14N2O3. The van der Waals surface area contributed by atoms with Crippen molar-refractivity contribution in [3.05, 3.63) is 10.4 Å². The van der Waals surface area contributed by atoms with Crippen LogP contribution in [0.5, 0.6) is 0 Å². The normalized spacial score (nSPS) is 36.0. The Morgan fingerprint density at radius 3 is 2.27 bits per heavy atom. The molecule has 0 radical (unpaired) electrons. The van der Waals surface area contributed by atoms with Crippen molar-refractivity contribution in [3.63, 3.8) is 0 Å². The lowest BCUT2D eigenvalue weighted by Crippen LogP contribution is -3.57. The summed E-state index contributed by atoms with van der Waals surface area (Å²) in [5, 5.41) is 20.8. The van der Waals surface area contributed by atoms with Gasteiger partial charge in [-0.15, -0.1) is 0 Å². The molecule has 2 N–H and O–H groups in total. The highest BCUT2D eigenvalue weighted by atomic mass is 17.0. The average Bonchev–Trinajstić information content (AvgIpc) is 2.00. The van der Waals surface area contributed by atoms with Crippen LogP contribution < -0.4 is 10.5 Å². The zero-order chi connectivity index (χ0) is 8.43. The summed E-state index contributed by atoms with van der Waals surface area (Å²) in [6.45, 7) is 1.98. The number of hydrogen-bond acceptors (Lipinski definition) is 3. The van der Waals surface area contributed by atoms with E-state index in [1.807, 2.05) is 6.92 Å². The van der Waals surface area contributed by atoms with Gasteiger partial charge in [-0.3, -0.25) is 0 Å². The van der Waals surface area contributed by atoms with Crippen molar-refractivity contribution >= 4 is 0 Å². The summed E-state index contributed by atoms with van der Waals surface area (Å²) in [4.78, 5) is 4.33. The maximum absolute atomic E-state index is 11.1. The van der Waals surface area contributed by atoms with E-state index in [4.69, 9.17) is 0 Å². The molecule has 0 aromatic carbocycles. The van der Waals surface area contributed by atoms with E-state index in [1.54, 1.807) is 0 Å². The Morgan fingerprint density at radius 1 is 1.36 bits per heavy atom. The van der Waals surface area contributed by atoms with Crippen LogP contribution in [-0.2, 0) is 4.84 Å². The van der Waals surface area contributed by atoms with Gasteiger partial charge in [0.05, 0.1) is 0 Å². The molecule has 1 aliphatic carbocycles. The molecular weight excluding hydrogens is 148 g/mol. The van der Waals surface area contributed by atoms with Crippen LogP contribution in [0.2, 0.25) is 0 Å². The average molecular weight is 162 g/mol. The molecule has 0 aliphatic heterocycles. The van der Waals surface area contributed by atoms with Crippen molar-refractivity contribution in [1.29, 1.82) is 0 Å². The Hall–Kier alpha value is -0.200. The third kappa shape index (κ3) is 1.69. The summed E-state index contributed by atoms with van der Waals surface area (Å²) in [7, 11) is 1.24. The van der Waals surface area contributed by atoms with Crippen LogP contribution in [0.25, 0.3) is 0 Å². The minimum Gasteiger partial charge on any atom is -0.581 e. The molecule has 4 unspecified atom stereocenters. The second-order valence-electron chi connectivity index (χ2n) is 3.02. The summed E-state index contributed by atoms with van der Waals surface area (Å²) in [6, 6.07) is -0.0672. The first kappa shape index (κ1) is 8.89. The minimum absolute atomic E-state index is 0.0672. The highest BCUT2D eigenvalue weighted by Gasteiger charge is 2.35. The number of hydrogen-bond donors (Lipinski definition) is 2. The van der Waals surface area contributed by atoms with E-state index in [2.05, 4.69) is 4.84 Å². The maximum Gasteiger partial charge on any atom is 0.136 e. The molecule has 4 atom stereocenters. The first-order valence-corrected chi connectivity index (χ1v) is 3.79. The summed E-state index contributed by atoms with van der Waals surface area (Å²) < 4.78 is 0. The molecule has 0 bridgehead atoms.